The van der Waals surface area contributed by atoms with Crippen molar-refractivity contribution in [1.29, 1.82) is 0 Å². The van der Waals surface area contributed by atoms with Crippen LogP contribution in [0, 0.1) is 0 Å². The second-order valence-electron chi connectivity index (χ2n) is 7.68. The number of nitrogens with one attached hydrogen (secondary N) is 2. The lowest BCUT2D eigenvalue weighted by atomic mass is 10.1. The maximum atomic E-state index is 4.85. The molecule has 1 aliphatic heterocycles. The number of hydrogen-bond donors (Lipinski definition) is 2. The predicted octanol–water partition coefficient (Wildman–Crippen LogP) is 3.76. The summed E-state index contributed by atoms with van der Waals surface area (Å²) >= 11 is 1.84. The molecule has 27 heavy (non-hydrogen) atoms. The van der Waals surface area contributed by atoms with E-state index < -0.39 is 0 Å². The van der Waals surface area contributed by atoms with Gasteiger partial charge in [-0.1, -0.05) is 0 Å². The Labute approximate surface area is 186 Å². The largest absolute Gasteiger partial charge is 0.363 e. The second-order valence-corrected chi connectivity index (χ2v) is 8.61. The number of hydrogen-bond acceptors (Lipinski definition) is 4. The third-order valence-electron chi connectivity index (χ3n) is 5.31. The molecule has 154 valence electrons. The van der Waals surface area contributed by atoms with Gasteiger partial charge in [0.15, 0.2) is 5.96 Å². The predicted molar refractivity (Wildman–Crippen MR) is 129 cm³/mol. The van der Waals surface area contributed by atoms with Crippen LogP contribution in [0.1, 0.15) is 46.5 Å². The molecule has 3 rings (SSSR count). The van der Waals surface area contributed by atoms with E-state index in [0.29, 0.717) is 12.1 Å². The molecule has 5 nitrogen and oxygen atoms in total. The van der Waals surface area contributed by atoms with E-state index in [4.69, 9.17) is 4.99 Å². The lowest BCUT2D eigenvalue weighted by Gasteiger charge is -2.33. The van der Waals surface area contributed by atoms with E-state index in [2.05, 4.69) is 58.7 Å². The van der Waals surface area contributed by atoms with Crippen LogP contribution in [0.2, 0.25) is 0 Å². The fourth-order valence-corrected chi connectivity index (χ4v) is 4.54. The highest BCUT2D eigenvalue weighted by Crippen LogP contribution is 2.28. The van der Waals surface area contributed by atoms with Gasteiger partial charge < -0.3 is 15.5 Å². The van der Waals surface area contributed by atoms with Crippen molar-refractivity contribution < 1.29 is 0 Å². The van der Waals surface area contributed by atoms with Gasteiger partial charge in [-0.25, -0.2) is 0 Å². The van der Waals surface area contributed by atoms with Crippen molar-refractivity contribution in [2.75, 3.05) is 37.6 Å². The summed E-state index contributed by atoms with van der Waals surface area (Å²) < 4.78 is 0. The number of piperidine rings is 1. The lowest BCUT2D eigenvalue weighted by Crippen LogP contribution is -2.49. The van der Waals surface area contributed by atoms with E-state index in [9.17, 15) is 0 Å². The van der Waals surface area contributed by atoms with Gasteiger partial charge in [-0.2, -0.15) is 0 Å². The van der Waals surface area contributed by atoms with Crippen molar-refractivity contribution in [3.63, 3.8) is 0 Å². The lowest BCUT2D eigenvalue weighted by molar-refractivity contribution is 0.218. The number of aliphatic imine (C=N–C) groups is 1. The molecular formula is C20H36IN5S. The minimum Gasteiger partial charge on any atom is -0.363 e. The summed E-state index contributed by atoms with van der Waals surface area (Å²) in [6.07, 6.45) is 5.07. The Morgan fingerprint density at radius 1 is 1.30 bits per heavy atom. The molecule has 2 fully saturated rings. The van der Waals surface area contributed by atoms with Crippen LogP contribution in [0.25, 0.3) is 0 Å². The van der Waals surface area contributed by atoms with E-state index in [0.717, 1.165) is 44.7 Å². The molecule has 2 heterocycles. The van der Waals surface area contributed by atoms with Crippen molar-refractivity contribution >= 4 is 46.3 Å². The Kier molecular flexibility index (Phi) is 9.65. The molecule has 2 aliphatic rings. The summed E-state index contributed by atoms with van der Waals surface area (Å²) in [5.41, 5.74) is 0. The van der Waals surface area contributed by atoms with Gasteiger partial charge in [0, 0.05) is 44.3 Å². The third-order valence-corrected chi connectivity index (χ3v) is 6.23. The van der Waals surface area contributed by atoms with Gasteiger partial charge in [0.05, 0.1) is 11.5 Å². The minimum atomic E-state index is 0. The minimum absolute atomic E-state index is 0. The van der Waals surface area contributed by atoms with Gasteiger partial charge in [0.2, 0.25) is 0 Å². The molecule has 1 saturated heterocycles. The van der Waals surface area contributed by atoms with Gasteiger partial charge in [-0.15, -0.1) is 35.3 Å². The number of thiophene rings is 1. The van der Waals surface area contributed by atoms with Crippen molar-refractivity contribution in [1.82, 2.24) is 15.5 Å². The van der Waals surface area contributed by atoms with E-state index in [-0.39, 0.29) is 24.0 Å². The van der Waals surface area contributed by atoms with Gasteiger partial charge in [-0.05, 0) is 64.0 Å². The summed E-state index contributed by atoms with van der Waals surface area (Å²) in [4.78, 5) is 9.96. The first-order valence-corrected chi connectivity index (χ1v) is 11.1. The third kappa shape index (κ3) is 7.09. The van der Waals surface area contributed by atoms with Crippen LogP contribution in [0.5, 0.6) is 0 Å². The molecule has 0 aromatic carbocycles. The Bertz CT molecular complexity index is 549. The molecule has 1 saturated carbocycles. The van der Waals surface area contributed by atoms with Gasteiger partial charge >= 0.3 is 0 Å². The zero-order valence-electron chi connectivity index (χ0n) is 17.0. The van der Waals surface area contributed by atoms with Crippen LogP contribution >= 0.6 is 35.3 Å². The molecule has 0 amide bonds. The Hall–Kier alpha value is -0.540. The van der Waals surface area contributed by atoms with Crippen molar-refractivity contribution in [3.05, 3.63) is 17.5 Å². The molecule has 0 radical (unpaired) electrons. The summed E-state index contributed by atoms with van der Waals surface area (Å²) in [7, 11) is 0. The first kappa shape index (κ1) is 22.7. The molecule has 0 spiro atoms. The second kappa shape index (κ2) is 11.5. The quantitative estimate of drug-likeness (QED) is 0.321. The van der Waals surface area contributed by atoms with Gasteiger partial charge in [-0.3, -0.25) is 9.89 Å². The molecular weight excluding hydrogens is 469 g/mol. The van der Waals surface area contributed by atoms with Crippen LogP contribution in [-0.4, -0.2) is 61.7 Å². The Morgan fingerprint density at radius 3 is 2.59 bits per heavy atom. The van der Waals surface area contributed by atoms with Crippen molar-refractivity contribution in [2.45, 2.75) is 64.6 Å². The molecule has 0 bridgehead atoms. The first-order valence-electron chi connectivity index (χ1n) is 10.3. The SMILES string of the molecule is CCNC(=NCCN(C(C)C)C1CC1)NC1CCN(c2cccs2)CC1.I. The van der Waals surface area contributed by atoms with Crippen molar-refractivity contribution in [3.8, 4) is 0 Å². The number of halogens is 1. The number of nitrogens with zero attached hydrogens (tertiary/aromatic N) is 3. The van der Waals surface area contributed by atoms with Crippen molar-refractivity contribution in [2.24, 2.45) is 4.99 Å². The van der Waals surface area contributed by atoms with Crippen LogP contribution < -0.4 is 15.5 Å². The molecule has 7 heteroatoms. The van der Waals surface area contributed by atoms with Crippen LogP contribution in [0.15, 0.2) is 22.5 Å². The Morgan fingerprint density at radius 2 is 2.04 bits per heavy atom. The van der Waals surface area contributed by atoms with Gasteiger partial charge in [0.1, 0.15) is 0 Å². The van der Waals surface area contributed by atoms with Crippen LogP contribution in [-0.2, 0) is 0 Å². The highest BCUT2D eigenvalue weighted by molar-refractivity contribution is 14.0. The fraction of sp³-hybridized carbons (Fsp3) is 0.750. The monoisotopic (exact) mass is 505 g/mol. The fourth-order valence-electron chi connectivity index (χ4n) is 3.75. The summed E-state index contributed by atoms with van der Waals surface area (Å²) in [5, 5.41) is 10.7. The number of anilines is 1. The van der Waals surface area contributed by atoms with Crippen LogP contribution in [0.4, 0.5) is 5.00 Å². The average Bonchev–Trinajstić information content (AvgIpc) is 3.31. The topological polar surface area (TPSA) is 42.9 Å². The van der Waals surface area contributed by atoms with Gasteiger partial charge in [0.25, 0.3) is 0 Å². The zero-order chi connectivity index (χ0) is 18.4. The molecule has 1 aromatic heterocycles. The normalized spacial score (nSPS) is 18.7. The van der Waals surface area contributed by atoms with E-state index in [1.54, 1.807) is 0 Å². The summed E-state index contributed by atoms with van der Waals surface area (Å²) in [6.45, 7) is 11.8. The molecule has 2 N–H and O–H groups in total. The smallest absolute Gasteiger partial charge is 0.191 e. The zero-order valence-corrected chi connectivity index (χ0v) is 20.1. The summed E-state index contributed by atoms with van der Waals surface area (Å²) in [6, 6.07) is 6.32. The molecule has 0 unspecified atom stereocenters. The molecule has 1 aromatic rings. The molecule has 1 aliphatic carbocycles. The van der Waals surface area contributed by atoms with E-state index in [1.165, 1.54) is 30.7 Å². The Balaban J connectivity index is 0.00000261. The standard InChI is InChI=1S/C20H35N5S.HI/c1-4-21-20(22-11-14-25(16(2)3)18-7-8-18)23-17-9-12-24(13-10-17)19-6-5-15-26-19;/h5-6,15-18H,4,7-14H2,1-3H3,(H2,21,22,23);1H. The highest BCUT2D eigenvalue weighted by atomic mass is 127. The average molecular weight is 506 g/mol. The number of guanidine groups is 1. The van der Waals surface area contributed by atoms with E-state index >= 15 is 0 Å². The summed E-state index contributed by atoms with van der Waals surface area (Å²) in [5.74, 6) is 0.988. The maximum Gasteiger partial charge on any atom is 0.191 e. The highest BCUT2D eigenvalue weighted by Gasteiger charge is 2.30. The number of rotatable bonds is 8. The van der Waals surface area contributed by atoms with Crippen LogP contribution in [0.3, 0.4) is 0 Å². The maximum absolute atomic E-state index is 4.85. The molecule has 0 atom stereocenters. The first-order chi connectivity index (χ1) is 12.7. The van der Waals surface area contributed by atoms with E-state index in [1.807, 2.05) is 11.3 Å².